The zero-order valence-electron chi connectivity index (χ0n) is 21.7. The first-order valence-electron chi connectivity index (χ1n) is 12.4. The largest absolute Gasteiger partial charge is 0.507 e. The standard InChI is InChI=1S/C30H31ClN2O5/c1-4-37-23-14-15-25(31)24(18-23)28(34)26-27(33(17-16-32(2)3)30(36)29(26)35)21-10-12-22(13-11-21)38-19-20-8-6-5-7-9-20/h5-15,18,27,34H,4,16-17,19H2,1-3H3/b28-26+. The van der Waals surface area contributed by atoms with Gasteiger partial charge in [0.05, 0.1) is 23.2 Å². The number of halogens is 1. The van der Waals surface area contributed by atoms with E-state index in [1.165, 1.54) is 4.90 Å². The number of rotatable bonds is 10. The molecule has 1 saturated heterocycles. The molecular formula is C30H31ClN2O5. The van der Waals surface area contributed by atoms with Crippen molar-refractivity contribution in [1.29, 1.82) is 0 Å². The molecule has 0 aliphatic carbocycles. The maximum absolute atomic E-state index is 13.3. The zero-order chi connectivity index (χ0) is 27.2. The Morgan fingerprint density at radius 1 is 0.974 bits per heavy atom. The second-order valence-corrected chi connectivity index (χ2v) is 9.62. The smallest absolute Gasteiger partial charge is 0.295 e. The number of ether oxygens (including phenoxy) is 2. The first-order chi connectivity index (χ1) is 18.3. The normalized spacial score (nSPS) is 16.8. The molecule has 1 amide bonds. The number of aliphatic hydroxyl groups excluding tert-OH is 1. The van der Waals surface area contributed by atoms with Crippen molar-refractivity contribution in [3.05, 3.63) is 100 Å². The molecule has 3 aromatic carbocycles. The third kappa shape index (κ3) is 6.01. The maximum Gasteiger partial charge on any atom is 0.295 e. The SMILES string of the molecule is CCOc1ccc(Cl)c(/C(O)=C2\C(=O)C(=O)N(CCN(C)C)C2c2ccc(OCc3ccccc3)cc2)c1. The minimum Gasteiger partial charge on any atom is -0.507 e. The van der Waals surface area contributed by atoms with Gasteiger partial charge in [0, 0.05) is 18.7 Å². The number of likely N-dealkylation sites (N-methyl/N-ethyl adjacent to an activating group) is 1. The summed E-state index contributed by atoms with van der Waals surface area (Å²) in [4.78, 5) is 29.9. The number of likely N-dealkylation sites (tertiary alicyclic amines) is 1. The molecule has 1 fully saturated rings. The molecule has 198 valence electrons. The monoisotopic (exact) mass is 534 g/mol. The molecule has 0 spiro atoms. The number of carbonyl (C=O) groups excluding carboxylic acids is 2. The summed E-state index contributed by atoms with van der Waals surface area (Å²) < 4.78 is 11.5. The molecule has 1 aliphatic heterocycles. The molecular weight excluding hydrogens is 504 g/mol. The van der Waals surface area contributed by atoms with Crippen LogP contribution in [0.15, 0.2) is 78.4 Å². The van der Waals surface area contributed by atoms with Crippen LogP contribution in [0.3, 0.4) is 0 Å². The molecule has 38 heavy (non-hydrogen) atoms. The number of ketones is 1. The Morgan fingerprint density at radius 3 is 2.32 bits per heavy atom. The number of amides is 1. The second kappa shape index (κ2) is 12.2. The van der Waals surface area contributed by atoms with Gasteiger partial charge < -0.3 is 24.4 Å². The summed E-state index contributed by atoms with van der Waals surface area (Å²) in [6.07, 6.45) is 0. The molecule has 1 heterocycles. The van der Waals surface area contributed by atoms with Crippen molar-refractivity contribution in [3.63, 3.8) is 0 Å². The fourth-order valence-corrected chi connectivity index (χ4v) is 4.55. The van der Waals surface area contributed by atoms with Gasteiger partial charge in [0.25, 0.3) is 11.7 Å². The summed E-state index contributed by atoms with van der Waals surface area (Å²) in [5.74, 6) is -0.614. The predicted molar refractivity (Wildman–Crippen MR) is 147 cm³/mol. The van der Waals surface area contributed by atoms with E-state index in [4.69, 9.17) is 21.1 Å². The molecule has 7 nitrogen and oxygen atoms in total. The maximum atomic E-state index is 13.3. The van der Waals surface area contributed by atoms with Crippen LogP contribution in [-0.2, 0) is 16.2 Å². The van der Waals surface area contributed by atoms with E-state index in [1.54, 1.807) is 30.3 Å². The molecule has 0 saturated carbocycles. The van der Waals surface area contributed by atoms with Crippen molar-refractivity contribution in [2.75, 3.05) is 33.8 Å². The van der Waals surface area contributed by atoms with E-state index in [-0.39, 0.29) is 21.9 Å². The van der Waals surface area contributed by atoms with Crippen molar-refractivity contribution in [3.8, 4) is 11.5 Å². The fraction of sp³-hybridized carbons (Fsp3) is 0.267. The van der Waals surface area contributed by atoms with Crippen LogP contribution in [-0.4, -0.2) is 60.4 Å². The van der Waals surface area contributed by atoms with Crippen LogP contribution in [0.25, 0.3) is 5.76 Å². The van der Waals surface area contributed by atoms with E-state index in [1.807, 2.05) is 68.4 Å². The molecule has 1 N–H and O–H groups in total. The van der Waals surface area contributed by atoms with Crippen LogP contribution in [0.1, 0.15) is 29.7 Å². The number of aliphatic hydroxyl groups is 1. The van der Waals surface area contributed by atoms with Crippen LogP contribution in [0.5, 0.6) is 11.5 Å². The van der Waals surface area contributed by atoms with Crippen molar-refractivity contribution in [2.24, 2.45) is 0 Å². The molecule has 1 atom stereocenters. The summed E-state index contributed by atoms with van der Waals surface area (Å²) in [5.41, 5.74) is 1.94. The van der Waals surface area contributed by atoms with Gasteiger partial charge in [-0.3, -0.25) is 9.59 Å². The third-order valence-corrected chi connectivity index (χ3v) is 6.61. The molecule has 1 unspecified atom stereocenters. The first-order valence-corrected chi connectivity index (χ1v) is 12.8. The third-order valence-electron chi connectivity index (χ3n) is 6.28. The Hall–Kier alpha value is -3.81. The highest BCUT2D eigenvalue weighted by Gasteiger charge is 2.46. The molecule has 1 aliphatic rings. The van der Waals surface area contributed by atoms with E-state index >= 15 is 0 Å². The number of benzene rings is 3. The van der Waals surface area contributed by atoms with Crippen LogP contribution in [0.4, 0.5) is 0 Å². The minimum atomic E-state index is -0.787. The minimum absolute atomic E-state index is 0.0118. The van der Waals surface area contributed by atoms with E-state index < -0.39 is 17.7 Å². The lowest BCUT2D eigenvalue weighted by molar-refractivity contribution is -0.140. The van der Waals surface area contributed by atoms with Gasteiger partial charge in [-0.2, -0.15) is 0 Å². The summed E-state index contributed by atoms with van der Waals surface area (Å²) in [7, 11) is 3.78. The van der Waals surface area contributed by atoms with Gasteiger partial charge in [0.1, 0.15) is 23.9 Å². The Kier molecular flexibility index (Phi) is 8.71. The van der Waals surface area contributed by atoms with Gasteiger partial charge in [0.15, 0.2) is 0 Å². The lowest BCUT2D eigenvalue weighted by atomic mass is 9.95. The highest BCUT2D eigenvalue weighted by Crippen LogP contribution is 2.41. The Morgan fingerprint density at radius 2 is 1.66 bits per heavy atom. The summed E-state index contributed by atoms with van der Waals surface area (Å²) in [5, 5.41) is 11.6. The lowest BCUT2D eigenvalue weighted by Crippen LogP contribution is -2.35. The van der Waals surface area contributed by atoms with E-state index in [9.17, 15) is 14.7 Å². The van der Waals surface area contributed by atoms with Gasteiger partial charge in [-0.1, -0.05) is 54.1 Å². The lowest BCUT2D eigenvalue weighted by Gasteiger charge is -2.26. The molecule has 3 aromatic rings. The van der Waals surface area contributed by atoms with E-state index in [0.717, 1.165) is 5.56 Å². The average Bonchev–Trinajstić information content (AvgIpc) is 3.17. The summed E-state index contributed by atoms with van der Waals surface area (Å²) >= 11 is 6.41. The van der Waals surface area contributed by atoms with Crippen LogP contribution < -0.4 is 9.47 Å². The molecule has 0 radical (unpaired) electrons. The average molecular weight is 535 g/mol. The number of carbonyl (C=O) groups is 2. The Balaban J connectivity index is 1.72. The first kappa shape index (κ1) is 27.2. The van der Waals surface area contributed by atoms with Crippen molar-refractivity contribution < 1.29 is 24.2 Å². The van der Waals surface area contributed by atoms with Crippen LogP contribution in [0.2, 0.25) is 5.02 Å². The highest BCUT2D eigenvalue weighted by atomic mass is 35.5. The van der Waals surface area contributed by atoms with Gasteiger partial charge in [0.2, 0.25) is 0 Å². The zero-order valence-corrected chi connectivity index (χ0v) is 22.4. The molecule has 0 bridgehead atoms. The predicted octanol–water partition coefficient (Wildman–Crippen LogP) is 5.30. The van der Waals surface area contributed by atoms with E-state index in [0.29, 0.717) is 43.4 Å². The number of nitrogens with zero attached hydrogens (tertiary/aromatic N) is 2. The Labute approximate surface area is 227 Å². The number of hydrogen-bond donors (Lipinski definition) is 1. The summed E-state index contributed by atoms with van der Waals surface area (Å²) in [6, 6.07) is 21.1. The van der Waals surface area contributed by atoms with E-state index in [2.05, 4.69) is 0 Å². The van der Waals surface area contributed by atoms with Crippen molar-refractivity contribution in [2.45, 2.75) is 19.6 Å². The van der Waals surface area contributed by atoms with Crippen LogP contribution >= 0.6 is 11.6 Å². The fourth-order valence-electron chi connectivity index (χ4n) is 4.34. The van der Waals surface area contributed by atoms with Gasteiger partial charge >= 0.3 is 0 Å². The molecule has 8 heteroatoms. The van der Waals surface area contributed by atoms with Crippen molar-refractivity contribution >= 4 is 29.1 Å². The number of Topliss-reactive ketones (excluding diaryl/α,β-unsaturated/α-hetero) is 1. The summed E-state index contributed by atoms with van der Waals surface area (Å²) in [6.45, 7) is 3.53. The number of hydrogen-bond acceptors (Lipinski definition) is 6. The molecule has 4 rings (SSSR count). The van der Waals surface area contributed by atoms with Gasteiger partial charge in [-0.25, -0.2) is 0 Å². The topological polar surface area (TPSA) is 79.3 Å². The second-order valence-electron chi connectivity index (χ2n) is 9.21. The molecule has 0 aromatic heterocycles. The quantitative estimate of drug-likeness (QED) is 0.216. The highest BCUT2D eigenvalue weighted by molar-refractivity contribution is 6.47. The van der Waals surface area contributed by atoms with Gasteiger partial charge in [-0.15, -0.1) is 0 Å². The van der Waals surface area contributed by atoms with Crippen molar-refractivity contribution in [1.82, 2.24) is 9.80 Å². The Bertz CT molecular complexity index is 1320. The van der Waals surface area contributed by atoms with Crippen LogP contribution in [0, 0.1) is 0 Å². The van der Waals surface area contributed by atoms with Gasteiger partial charge in [-0.05, 0) is 62.5 Å².